The van der Waals surface area contributed by atoms with Crippen LogP contribution in [-0.2, 0) is 9.53 Å². The van der Waals surface area contributed by atoms with E-state index in [2.05, 4.69) is 30.5 Å². The fourth-order valence-electron chi connectivity index (χ4n) is 4.83. The number of nitrogens with two attached hydrogens (primary N) is 1. The minimum Gasteiger partial charge on any atom is -0.387 e. The van der Waals surface area contributed by atoms with Crippen molar-refractivity contribution in [2.75, 3.05) is 61.8 Å². The van der Waals surface area contributed by atoms with Crippen LogP contribution in [0.3, 0.4) is 0 Å². The molecule has 0 aliphatic carbocycles. The van der Waals surface area contributed by atoms with E-state index in [4.69, 9.17) is 10.5 Å². The van der Waals surface area contributed by atoms with Crippen LogP contribution in [-0.4, -0.2) is 105 Å². The van der Waals surface area contributed by atoms with E-state index in [0.717, 1.165) is 32.7 Å². The Bertz CT molecular complexity index is 1280. The number of ether oxygens (including phenoxy) is 1. The summed E-state index contributed by atoms with van der Waals surface area (Å²) in [6.07, 6.45) is -3.73. The molecule has 4 atom stereocenters. The van der Waals surface area contributed by atoms with Gasteiger partial charge in [0.25, 0.3) is 5.91 Å². The molecule has 14 heteroatoms. The number of hydrogen-bond acceptors (Lipinski definition) is 11. The van der Waals surface area contributed by atoms with E-state index in [9.17, 15) is 19.4 Å². The van der Waals surface area contributed by atoms with Crippen LogP contribution in [0.25, 0.3) is 11.2 Å². The molecule has 2 aliphatic heterocycles. The maximum absolute atomic E-state index is 14.1. The molecule has 0 spiro atoms. The third-order valence-corrected chi connectivity index (χ3v) is 6.85. The molecule has 13 nitrogen and oxygen atoms in total. The number of rotatable bonds is 8. The Balaban J connectivity index is 1.21. The van der Waals surface area contributed by atoms with Gasteiger partial charge in [-0.15, -0.1) is 0 Å². The molecule has 204 valence electrons. The van der Waals surface area contributed by atoms with Crippen LogP contribution in [0, 0.1) is 5.82 Å². The Hall–Kier alpha value is -3.59. The average Bonchev–Trinajstić information content (AvgIpc) is 3.46. The summed E-state index contributed by atoms with van der Waals surface area (Å²) in [6, 6.07) is 6.80. The molecule has 5 rings (SSSR count). The zero-order valence-corrected chi connectivity index (χ0v) is 21.0. The average molecular weight is 530 g/mol. The summed E-state index contributed by atoms with van der Waals surface area (Å²) in [5.74, 6) is -0.313. The Labute approximate surface area is 218 Å². The first-order valence-electron chi connectivity index (χ1n) is 12.6. The zero-order chi connectivity index (χ0) is 26.8. The van der Waals surface area contributed by atoms with Crippen LogP contribution < -0.4 is 21.3 Å². The number of benzene rings is 1. The second-order valence-electron chi connectivity index (χ2n) is 9.29. The number of fused-ring (bicyclic) bond motifs is 1. The number of carbonyl (C=O) groups is 1. The molecule has 2 fully saturated rings. The van der Waals surface area contributed by atoms with E-state index in [1.54, 1.807) is 19.1 Å². The number of nitrogens with one attached hydrogen (secondary N) is 2. The Morgan fingerprint density at radius 1 is 1.18 bits per heavy atom. The second-order valence-corrected chi connectivity index (χ2v) is 9.29. The Morgan fingerprint density at radius 2 is 1.95 bits per heavy atom. The van der Waals surface area contributed by atoms with Crippen molar-refractivity contribution in [1.82, 2.24) is 29.7 Å². The number of amides is 1. The highest BCUT2D eigenvalue weighted by atomic mass is 19.1. The summed E-state index contributed by atoms with van der Waals surface area (Å²) in [7, 11) is 0. The summed E-state index contributed by atoms with van der Waals surface area (Å²) in [5, 5.41) is 26.7. The van der Waals surface area contributed by atoms with Gasteiger partial charge < -0.3 is 36.2 Å². The normalized spacial score (nSPS) is 24.2. The van der Waals surface area contributed by atoms with E-state index < -0.39 is 30.4 Å². The zero-order valence-electron chi connectivity index (χ0n) is 21.0. The number of nitrogens with zero attached hydrogens (tertiary/aromatic N) is 6. The van der Waals surface area contributed by atoms with Crippen molar-refractivity contribution in [2.24, 2.45) is 0 Å². The number of para-hydroxylation sites is 1. The van der Waals surface area contributed by atoms with Crippen molar-refractivity contribution < 1.29 is 24.1 Å². The number of piperazine rings is 1. The van der Waals surface area contributed by atoms with E-state index in [-0.39, 0.29) is 17.6 Å². The van der Waals surface area contributed by atoms with Crippen molar-refractivity contribution in [3.05, 3.63) is 36.4 Å². The minimum absolute atomic E-state index is 0.142. The molecule has 1 aromatic carbocycles. The van der Waals surface area contributed by atoms with Gasteiger partial charge in [-0.2, -0.15) is 9.97 Å². The van der Waals surface area contributed by atoms with Crippen LogP contribution in [0.15, 0.2) is 30.6 Å². The van der Waals surface area contributed by atoms with Gasteiger partial charge >= 0.3 is 0 Å². The number of aliphatic hydroxyl groups is 2. The van der Waals surface area contributed by atoms with Crippen LogP contribution >= 0.6 is 0 Å². The Kier molecular flexibility index (Phi) is 7.56. The van der Waals surface area contributed by atoms with Crippen molar-refractivity contribution in [3.8, 4) is 0 Å². The lowest BCUT2D eigenvalue weighted by Crippen LogP contribution is -2.47. The molecule has 38 heavy (non-hydrogen) atoms. The number of nitrogen functional groups attached to an aromatic ring is 1. The number of aliphatic hydroxyl groups excluding tert-OH is 2. The first-order valence-corrected chi connectivity index (χ1v) is 12.6. The molecule has 3 aromatic rings. The standard InChI is InChI=1S/C24H32FN9O4/c1-2-27-22(37)19-17(35)18(36)23(38-19)34-13-29-16-20(26)30-24(31-21(16)34)28-7-8-32-9-11-33(12-10-32)15-6-4-3-5-14(15)25/h3-6,13,17-19,23,35-36H,2,7-12H2,1H3,(H,27,37)(H3,26,28,30,31)/t17-,18+,19-,23+/m0/s1. The predicted molar refractivity (Wildman–Crippen MR) is 138 cm³/mol. The van der Waals surface area contributed by atoms with Gasteiger partial charge in [0.05, 0.1) is 12.0 Å². The first kappa shape index (κ1) is 26.0. The maximum Gasteiger partial charge on any atom is 0.252 e. The van der Waals surface area contributed by atoms with Gasteiger partial charge in [-0.1, -0.05) is 12.1 Å². The topological polar surface area (TPSA) is 167 Å². The van der Waals surface area contributed by atoms with Gasteiger partial charge in [0.2, 0.25) is 5.95 Å². The quantitative estimate of drug-likeness (QED) is 0.256. The molecule has 2 aromatic heterocycles. The molecule has 2 saturated heterocycles. The van der Waals surface area contributed by atoms with Gasteiger partial charge in [0.1, 0.15) is 23.5 Å². The first-order chi connectivity index (χ1) is 18.4. The number of carbonyl (C=O) groups excluding carboxylic acids is 1. The molecule has 1 amide bonds. The highest BCUT2D eigenvalue weighted by Crippen LogP contribution is 2.32. The SMILES string of the molecule is CCNC(=O)[C@H]1O[C@@H](n2cnc3c(N)nc(NCCN4CCN(c5ccccc5F)CC4)nc32)[C@H](O)[C@@H]1O. The highest BCUT2D eigenvalue weighted by Gasteiger charge is 2.47. The van der Waals surface area contributed by atoms with Crippen molar-refractivity contribution >= 4 is 34.5 Å². The van der Waals surface area contributed by atoms with Crippen LogP contribution in [0.2, 0.25) is 0 Å². The number of likely N-dealkylation sites (N-methyl/N-ethyl adjacent to an activating group) is 1. The van der Waals surface area contributed by atoms with Gasteiger partial charge in [0.15, 0.2) is 23.8 Å². The lowest BCUT2D eigenvalue weighted by molar-refractivity contribution is -0.137. The van der Waals surface area contributed by atoms with E-state index >= 15 is 0 Å². The minimum atomic E-state index is -1.42. The second kappa shape index (κ2) is 11.0. The monoisotopic (exact) mass is 529 g/mol. The molecule has 2 aliphatic rings. The summed E-state index contributed by atoms with van der Waals surface area (Å²) < 4.78 is 21.2. The molecule has 0 radical (unpaired) electrons. The number of halogens is 1. The smallest absolute Gasteiger partial charge is 0.252 e. The van der Waals surface area contributed by atoms with E-state index in [0.29, 0.717) is 29.9 Å². The lowest BCUT2D eigenvalue weighted by Gasteiger charge is -2.36. The summed E-state index contributed by atoms with van der Waals surface area (Å²) in [6.45, 7) is 6.39. The summed E-state index contributed by atoms with van der Waals surface area (Å²) >= 11 is 0. The van der Waals surface area contributed by atoms with Crippen LogP contribution in [0.5, 0.6) is 0 Å². The van der Waals surface area contributed by atoms with Crippen molar-refractivity contribution in [1.29, 1.82) is 0 Å². The molecule has 6 N–H and O–H groups in total. The fourth-order valence-corrected chi connectivity index (χ4v) is 4.83. The maximum atomic E-state index is 14.1. The number of hydrogen-bond donors (Lipinski definition) is 5. The van der Waals surface area contributed by atoms with Crippen molar-refractivity contribution in [3.63, 3.8) is 0 Å². The largest absolute Gasteiger partial charge is 0.387 e. The summed E-state index contributed by atoms with van der Waals surface area (Å²) in [4.78, 5) is 29.6. The lowest BCUT2D eigenvalue weighted by atomic mass is 10.1. The number of anilines is 3. The van der Waals surface area contributed by atoms with E-state index in [1.807, 2.05) is 11.0 Å². The highest BCUT2D eigenvalue weighted by molar-refractivity contribution is 5.83. The van der Waals surface area contributed by atoms with Gasteiger partial charge in [0, 0.05) is 45.8 Å². The van der Waals surface area contributed by atoms with Crippen molar-refractivity contribution in [2.45, 2.75) is 31.5 Å². The fraction of sp³-hybridized carbons (Fsp3) is 0.500. The van der Waals surface area contributed by atoms with Gasteiger partial charge in [-0.05, 0) is 19.1 Å². The van der Waals surface area contributed by atoms with Crippen LogP contribution in [0.1, 0.15) is 13.2 Å². The van der Waals surface area contributed by atoms with E-state index in [1.165, 1.54) is 17.0 Å². The molecule has 0 bridgehead atoms. The van der Waals surface area contributed by atoms with Gasteiger partial charge in [-0.3, -0.25) is 14.3 Å². The molecule has 4 heterocycles. The third kappa shape index (κ3) is 5.07. The molecular weight excluding hydrogens is 497 g/mol. The van der Waals surface area contributed by atoms with Gasteiger partial charge in [-0.25, -0.2) is 9.37 Å². The molecule has 0 saturated carbocycles. The Morgan fingerprint density at radius 3 is 2.68 bits per heavy atom. The third-order valence-electron chi connectivity index (χ3n) is 6.85. The molecule has 0 unspecified atom stereocenters. The predicted octanol–water partition coefficient (Wildman–Crippen LogP) is -0.463. The molecular formula is C24H32FN9O4. The summed E-state index contributed by atoms with van der Waals surface area (Å²) in [5.41, 5.74) is 7.35. The number of imidazole rings is 1. The van der Waals surface area contributed by atoms with Crippen LogP contribution in [0.4, 0.5) is 21.8 Å². The number of aromatic nitrogens is 4.